The van der Waals surface area contributed by atoms with Gasteiger partial charge in [-0.2, -0.15) is 0 Å². The molecular formula is C19H27N3O3. The van der Waals surface area contributed by atoms with Crippen molar-refractivity contribution in [2.24, 2.45) is 5.92 Å². The Hall–Kier alpha value is -2.11. The smallest absolute Gasteiger partial charge is 0.282 e. The largest absolute Gasteiger partial charge is 0.382 e. The molecule has 0 aromatic heterocycles. The molecule has 1 aliphatic heterocycles. The molecule has 1 N–H and O–H groups in total. The van der Waals surface area contributed by atoms with Crippen LogP contribution in [0.4, 0.5) is 11.4 Å². The van der Waals surface area contributed by atoms with Gasteiger partial charge < -0.3 is 10.2 Å². The molecule has 6 nitrogen and oxygen atoms in total. The van der Waals surface area contributed by atoms with Crippen molar-refractivity contribution in [2.75, 3.05) is 18.4 Å². The molecule has 25 heavy (non-hydrogen) atoms. The van der Waals surface area contributed by atoms with E-state index in [1.54, 1.807) is 17.0 Å². The maximum atomic E-state index is 12.7. The van der Waals surface area contributed by atoms with Crippen molar-refractivity contribution in [1.29, 1.82) is 0 Å². The van der Waals surface area contributed by atoms with Gasteiger partial charge in [0, 0.05) is 30.9 Å². The Labute approximate surface area is 148 Å². The summed E-state index contributed by atoms with van der Waals surface area (Å²) in [5.41, 5.74) is 0.923. The normalized spacial score (nSPS) is 23.5. The van der Waals surface area contributed by atoms with E-state index in [1.165, 1.54) is 25.3 Å². The van der Waals surface area contributed by atoms with E-state index in [2.05, 4.69) is 12.2 Å². The number of carbonyl (C=O) groups excluding carboxylic acids is 1. The van der Waals surface area contributed by atoms with Crippen LogP contribution in [-0.2, 0) is 0 Å². The number of rotatable bonds is 5. The molecule has 1 aliphatic carbocycles. The van der Waals surface area contributed by atoms with Crippen LogP contribution in [0.15, 0.2) is 18.2 Å². The van der Waals surface area contributed by atoms with Crippen molar-refractivity contribution in [1.82, 2.24) is 4.90 Å². The van der Waals surface area contributed by atoms with Crippen molar-refractivity contribution in [2.45, 2.75) is 57.9 Å². The molecule has 1 aromatic carbocycles. The zero-order chi connectivity index (χ0) is 17.8. The highest BCUT2D eigenvalue weighted by atomic mass is 16.6. The van der Waals surface area contributed by atoms with Gasteiger partial charge in [0.1, 0.15) is 5.56 Å². The maximum Gasteiger partial charge on any atom is 0.282 e. The molecule has 3 rings (SSSR count). The monoisotopic (exact) mass is 345 g/mol. The molecule has 0 bridgehead atoms. The Morgan fingerprint density at radius 3 is 2.72 bits per heavy atom. The highest BCUT2D eigenvalue weighted by molar-refractivity contribution is 5.99. The van der Waals surface area contributed by atoms with Gasteiger partial charge >= 0.3 is 0 Å². The molecule has 1 heterocycles. The Morgan fingerprint density at radius 2 is 2.04 bits per heavy atom. The third-order valence-corrected chi connectivity index (χ3v) is 5.55. The summed E-state index contributed by atoms with van der Waals surface area (Å²) in [4.78, 5) is 25.3. The Balaban J connectivity index is 1.80. The van der Waals surface area contributed by atoms with Crippen molar-refractivity contribution < 1.29 is 9.72 Å². The van der Waals surface area contributed by atoms with E-state index in [-0.39, 0.29) is 17.2 Å². The predicted octanol–water partition coefficient (Wildman–Crippen LogP) is 4.21. The number of nitrogens with one attached hydrogen (secondary N) is 1. The van der Waals surface area contributed by atoms with Crippen molar-refractivity contribution in [3.8, 4) is 0 Å². The lowest BCUT2D eigenvalue weighted by Gasteiger charge is -2.30. The SMILES string of the molecule is CCC1CCCC(Nc2ccc([N+](=O)[O-])c(C(=O)N3CCCC3)c2)C1. The van der Waals surface area contributed by atoms with Gasteiger partial charge in [-0.05, 0) is 43.7 Å². The van der Waals surface area contributed by atoms with Crippen LogP contribution >= 0.6 is 0 Å². The summed E-state index contributed by atoms with van der Waals surface area (Å²) in [7, 11) is 0. The summed E-state index contributed by atoms with van der Waals surface area (Å²) in [6.45, 7) is 3.61. The average Bonchev–Trinajstić information content (AvgIpc) is 3.15. The van der Waals surface area contributed by atoms with E-state index in [4.69, 9.17) is 0 Å². The van der Waals surface area contributed by atoms with Crippen LogP contribution in [0.5, 0.6) is 0 Å². The second-order valence-electron chi connectivity index (χ2n) is 7.27. The number of benzene rings is 1. The molecule has 0 radical (unpaired) electrons. The lowest BCUT2D eigenvalue weighted by molar-refractivity contribution is -0.385. The maximum absolute atomic E-state index is 12.7. The summed E-state index contributed by atoms with van der Waals surface area (Å²) in [6, 6.07) is 5.25. The number of nitrogens with zero attached hydrogens (tertiary/aromatic N) is 2. The first-order chi connectivity index (χ1) is 12.1. The van der Waals surface area contributed by atoms with E-state index in [0.717, 1.165) is 37.3 Å². The third-order valence-electron chi connectivity index (χ3n) is 5.55. The number of nitro benzene ring substituents is 1. The number of nitro groups is 1. The molecule has 1 amide bonds. The lowest BCUT2D eigenvalue weighted by Crippen LogP contribution is -2.29. The molecule has 0 spiro atoms. The van der Waals surface area contributed by atoms with Gasteiger partial charge in [0.05, 0.1) is 4.92 Å². The van der Waals surface area contributed by atoms with Gasteiger partial charge in [0.2, 0.25) is 0 Å². The summed E-state index contributed by atoms with van der Waals surface area (Å²) in [5.74, 6) is 0.526. The Morgan fingerprint density at radius 1 is 1.28 bits per heavy atom. The highest BCUT2D eigenvalue weighted by Crippen LogP contribution is 2.31. The second-order valence-corrected chi connectivity index (χ2v) is 7.27. The standard InChI is InChI=1S/C19H27N3O3/c1-2-14-6-5-7-15(12-14)20-16-8-9-18(22(24)25)17(13-16)19(23)21-10-3-4-11-21/h8-9,13-15,20H,2-7,10-12H2,1H3. The van der Waals surface area contributed by atoms with E-state index in [1.807, 2.05) is 0 Å². The van der Waals surface area contributed by atoms with E-state index in [0.29, 0.717) is 19.1 Å². The summed E-state index contributed by atoms with van der Waals surface area (Å²) >= 11 is 0. The van der Waals surface area contributed by atoms with Gasteiger partial charge in [-0.25, -0.2) is 0 Å². The molecule has 1 aromatic rings. The molecule has 136 valence electrons. The number of hydrogen-bond donors (Lipinski definition) is 1. The highest BCUT2D eigenvalue weighted by Gasteiger charge is 2.27. The van der Waals surface area contributed by atoms with Crippen LogP contribution in [0, 0.1) is 16.0 Å². The van der Waals surface area contributed by atoms with E-state index < -0.39 is 4.92 Å². The van der Waals surface area contributed by atoms with Crippen LogP contribution in [-0.4, -0.2) is 34.9 Å². The second kappa shape index (κ2) is 7.85. The topological polar surface area (TPSA) is 75.5 Å². The molecule has 6 heteroatoms. The summed E-state index contributed by atoms with van der Waals surface area (Å²) in [5, 5.41) is 14.8. The van der Waals surface area contributed by atoms with Gasteiger partial charge in [0.15, 0.2) is 0 Å². The number of hydrogen-bond acceptors (Lipinski definition) is 4. The predicted molar refractivity (Wildman–Crippen MR) is 97.9 cm³/mol. The van der Waals surface area contributed by atoms with Crippen molar-refractivity contribution in [3.63, 3.8) is 0 Å². The first-order valence-electron chi connectivity index (χ1n) is 9.42. The average molecular weight is 345 g/mol. The zero-order valence-electron chi connectivity index (χ0n) is 14.9. The first kappa shape index (κ1) is 17.7. The number of amides is 1. The fourth-order valence-corrected chi connectivity index (χ4v) is 4.08. The molecular weight excluding hydrogens is 318 g/mol. The van der Waals surface area contributed by atoms with E-state index in [9.17, 15) is 14.9 Å². The van der Waals surface area contributed by atoms with Crippen LogP contribution in [0.3, 0.4) is 0 Å². The molecule has 2 unspecified atom stereocenters. The number of likely N-dealkylation sites (tertiary alicyclic amines) is 1. The van der Waals surface area contributed by atoms with Crippen molar-refractivity contribution >= 4 is 17.3 Å². The molecule has 2 aliphatic rings. The third kappa shape index (κ3) is 4.11. The van der Waals surface area contributed by atoms with Crippen LogP contribution in [0.1, 0.15) is 62.2 Å². The van der Waals surface area contributed by atoms with Gasteiger partial charge in [-0.3, -0.25) is 14.9 Å². The summed E-state index contributed by atoms with van der Waals surface area (Å²) in [6.07, 6.45) is 7.87. The Bertz CT molecular complexity index is 641. The zero-order valence-corrected chi connectivity index (χ0v) is 14.9. The van der Waals surface area contributed by atoms with Crippen molar-refractivity contribution in [3.05, 3.63) is 33.9 Å². The minimum absolute atomic E-state index is 0.0995. The van der Waals surface area contributed by atoms with Crippen LogP contribution in [0.2, 0.25) is 0 Å². The molecule has 1 saturated carbocycles. The summed E-state index contributed by atoms with van der Waals surface area (Å²) < 4.78 is 0. The fourth-order valence-electron chi connectivity index (χ4n) is 4.08. The van der Waals surface area contributed by atoms with Crippen LogP contribution < -0.4 is 5.32 Å². The Kier molecular flexibility index (Phi) is 5.56. The van der Waals surface area contributed by atoms with Crippen LogP contribution in [0.25, 0.3) is 0 Å². The fraction of sp³-hybridized carbons (Fsp3) is 0.632. The molecule has 2 atom stereocenters. The van der Waals surface area contributed by atoms with Gasteiger partial charge in [-0.1, -0.05) is 26.2 Å². The van der Waals surface area contributed by atoms with Gasteiger partial charge in [0.25, 0.3) is 11.6 Å². The molecule has 2 fully saturated rings. The lowest BCUT2D eigenvalue weighted by atomic mass is 9.84. The molecule has 1 saturated heterocycles. The number of carbonyl (C=O) groups is 1. The first-order valence-corrected chi connectivity index (χ1v) is 9.42. The minimum Gasteiger partial charge on any atom is -0.382 e. The van der Waals surface area contributed by atoms with Gasteiger partial charge in [-0.15, -0.1) is 0 Å². The quantitative estimate of drug-likeness (QED) is 0.640. The minimum atomic E-state index is -0.458. The number of anilines is 1. The van der Waals surface area contributed by atoms with E-state index >= 15 is 0 Å².